The lowest BCUT2D eigenvalue weighted by molar-refractivity contribution is 0.321. The van der Waals surface area contributed by atoms with E-state index >= 15 is 0 Å². The Hall–Kier alpha value is -1.66. The molecule has 0 aliphatic carbocycles. The normalized spacial score (nSPS) is 10.2. The summed E-state index contributed by atoms with van der Waals surface area (Å²) in [4.78, 5) is 0.261. The molecule has 0 aliphatic rings. The molecule has 0 heterocycles. The molecule has 2 rings (SSSR count). The summed E-state index contributed by atoms with van der Waals surface area (Å²) in [6, 6.07) is 10.2. The van der Waals surface area contributed by atoms with Crippen LogP contribution in [0.4, 0.5) is 15.8 Å². The molecule has 2 aromatic carbocycles. The van der Waals surface area contributed by atoms with Gasteiger partial charge in [-0.3, -0.25) is 0 Å². The van der Waals surface area contributed by atoms with Gasteiger partial charge in [0.25, 0.3) is 0 Å². The third-order valence-corrected chi connectivity index (χ3v) is 3.64. The summed E-state index contributed by atoms with van der Waals surface area (Å²) in [6.07, 6.45) is 0. The highest BCUT2D eigenvalue weighted by Crippen LogP contribution is 2.29. The van der Waals surface area contributed by atoms with Crippen molar-refractivity contribution in [1.82, 2.24) is 0 Å². The predicted molar refractivity (Wildman–Crippen MR) is 90.9 cm³/mol. The highest BCUT2D eigenvalue weighted by Gasteiger charge is 2.11. The van der Waals surface area contributed by atoms with Gasteiger partial charge in [-0.1, -0.05) is 18.3 Å². The standard InChI is InChI=1S/C15H14BrFN2OS/c1-2-20-13-7-6-9(8-11(13)17)19-12-5-3-4-10(16)14(12)15(18)21/h3-8,19H,2H2,1H3,(H2,18,21). The molecule has 0 spiro atoms. The number of thiocarbonyl (C=S) groups is 1. The second-order valence-electron chi connectivity index (χ2n) is 4.23. The Balaban J connectivity index is 2.33. The molecule has 3 nitrogen and oxygen atoms in total. The summed E-state index contributed by atoms with van der Waals surface area (Å²) >= 11 is 8.45. The number of hydrogen-bond donors (Lipinski definition) is 2. The first-order chi connectivity index (χ1) is 10.0. The van der Waals surface area contributed by atoms with E-state index in [1.165, 1.54) is 6.07 Å². The van der Waals surface area contributed by atoms with Crippen molar-refractivity contribution < 1.29 is 9.13 Å². The average Bonchev–Trinajstić information content (AvgIpc) is 2.41. The Morgan fingerprint density at radius 3 is 2.76 bits per heavy atom. The van der Waals surface area contributed by atoms with Crippen LogP contribution in [0.1, 0.15) is 12.5 Å². The van der Waals surface area contributed by atoms with Gasteiger partial charge >= 0.3 is 0 Å². The summed E-state index contributed by atoms with van der Waals surface area (Å²) in [5.74, 6) is -0.194. The van der Waals surface area contributed by atoms with Crippen molar-refractivity contribution in [2.75, 3.05) is 11.9 Å². The van der Waals surface area contributed by atoms with Crippen LogP contribution in [0.15, 0.2) is 40.9 Å². The van der Waals surface area contributed by atoms with E-state index in [-0.39, 0.29) is 10.7 Å². The Morgan fingerprint density at radius 1 is 1.38 bits per heavy atom. The smallest absolute Gasteiger partial charge is 0.167 e. The Morgan fingerprint density at radius 2 is 2.14 bits per heavy atom. The van der Waals surface area contributed by atoms with Crippen LogP contribution in [0.2, 0.25) is 0 Å². The van der Waals surface area contributed by atoms with Gasteiger partial charge in [0, 0.05) is 27.5 Å². The molecular formula is C15H14BrFN2OS. The molecule has 6 heteroatoms. The largest absolute Gasteiger partial charge is 0.491 e. The van der Waals surface area contributed by atoms with Crippen LogP contribution in [0.5, 0.6) is 5.75 Å². The number of hydrogen-bond acceptors (Lipinski definition) is 3. The lowest BCUT2D eigenvalue weighted by atomic mass is 10.1. The van der Waals surface area contributed by atoms with Crippen LogP contribution in [0.25, 0.3) is 0 Å². The van der Waals surface area contributed by atoms with Gasteiger partial charge < -0.3 is 15.8 Å². The molecule has 0 saturated carbocycles. The van der Waals surface area contributed by atoms with Gasteiger partial charge in [-0.15, -0.1) is 0 Å². The monoisotopic (exact) mass is 368 g/mol. The van der Waals surface area contributed by atoms with E-state index in [9.17, 15) is 4.39 Å². The zero-order chi connectivity index (χ0) is 15.4. The van der Waals surface area contributed by atoms with Crippen molar-refractivity contribution in [1.29, 1.82) is 0 Å². The van der Waals surface area contributed by atoms with Gasteiger partial charge in [-0.05, 0) is 47.1 Å². The fourth-order valence-electron chi connectivity index (χ4n) is 1.89. The van der Waals surface area contributed by atoms with Crippen molar-refractivity contribution in [3.63, 3.8) is 0 Å². The molecule has 0 bridgehead atoms. The number of anilines is 2. The summed E-state index contributed by atoms with van der Waals surface area (Å²) in [6.45, 7) is 2.22. The number of nitrogens with one attached hydrogen (secondary N) is 1. The summed E-state index contributed by atoms with van der Waals surface area (Å²) in [5, 5.41) is 3.11. The maximum atomic E-state index is 13.9. The topological polar surface area (TPSA) is 47.3 Å². The molecule has 0 aliphatic heterocycles. The number of ether oxygens (including phenoxy) is 1. The minimum absolute atomic E-state index is 0.229. The van der Waals surface area contributed by atoms with E-state index in [0.717, 1.165) is 4.47 Å². The zero-order valence-corrected chi connectivity index (χ0v) is 13.7. The van der Waals surface area contributed by atoms with E-state index in [1.807, 2.05) is 25.1 Å². The van der Waals surface area contributed by atoms with Crippen LogP contribution in [-0.4, -0.2) is 11.6 Å². The van der Waals surface area contributed by atoms with Crippen LogP contribution in [0, 0.1) is 5.82 Å². The van der Waals surface area contributed by atoms with E-state index in [0.29, 0.717) is 23.5 Å². The zero-order valence-electron chi connectivity index (χ0n) is 11.3. The maximum Gasteiger partial charge on any atom is 0.167 e. The summed E-state index contributed by atoms with van der Waals surface area (Å²) in [5.41, 5.74) is 7.71. The van der Waals surface area contributed by atoms with Gasteiger partial charge in [-0.2, -0.15) is 0 Å². The van der Waals surface area contributed by atoms with Gasteiger partial charge in [0.05, 0.1) is 6.61 Å². The van der Waals surface area contributed by atoms with Crippen molar-refractivity contribution in [3.05, 3.63) is 52.3 Å². The van der Waals surface area contributed by atoms with E-state index in [1.54, 1.807) is 12.1 Å². The van der Waals surface area contributed by atoms with E-state index < -0.39 is 5.82 Å². The molecule has 0 aromatic heterocycles. The fourth-order valence-corrected chi connectivity index (χ4v) is 2.82. The van der Waals surface area contributed by atoms with Crippen molar-refractivity contribution in [3.8, 4) is 5.75 Å². The first-order valence-corrected chi connectivity index (χ1v) is 7.50. The van der Waals surface area contributed by atoms with Gasteiger partial charge in [0.2, 0.25) is 0 Å². The first kappa shape index (κ1) is 15.7. The van der Waals surface area contributed by atoms with Crippen molar-refractivity contribution in [2.24, 2.45) is 5.73 Å². The van der Waals surface area contributed by atoms with Crippen LogP contribution in [0.3, 0.4) is 0 Å². The van der Waals surface area contributed by atoms with E-state index in [4.69, 9.17) is 22.7 Å². The molecule has 0 amide bonds. The second-order valence-corrected chi connectivity index (χ2v) is 5.52. The molecular weight excluding hydrogens is 355 g/mol. The van der Waals surface area contributed by atoms with Crippen LogP contribution >= 0.6 is 28.1 Å². The molecule has 3 N–H and O–H groups in total. The Kier molecular flexibility index (Phi) is 5.14. The average molecular weight is 369 g/mol. The molecule has 0 radical (unpaired) electrons. The highest BCUT2D eigenvalue weighted by molar-refractivity contribution is 9.10. The number of halogens is 2. The number of rotatable bonds is 5. The minimum Gasteiger partial charge on any atom is -0.491 e. The highest BCUT2D eigenvalue weighted by atomic mass is 79.9. The fraction of sp³-hybridized carbons (Fsp3) is 0.133. The molecule has 0 saturated heterocycles. The summed E-state index contributed by atoms with van der Waals surface area (Å²) in [7, 11) is 0. The quantitative estimate of drug-likeness (QED) is 0.769. The molecule has 0 unspecified atom stereocenters. The third-order valence-electron chi connectivity index (χ3n) is 2.77. The Labute approximate surface area is 136 Å². The van der Waals surface area contributed by atoms with Gasteiger partial charge in [-0.25, -0.2) is 4.39 Å². The lowest BCUT2D eigenvalue weighted by Crippen LogP contribution is -2.12. The molecule has 110 valence electrons. The third kappa shape index (κ3) is 3.71. The molecule has 2 aromatic rings. The van der Waals surface area contributed by atoms with E-state index in [2.05, 4.69) is 21.2 Å². The SMILES string of the molecule is CCOc1ccc(Nc2cccc(Br)c2C(N)=S)cc1F. The number of nitrogens with two attached hydrogens (primary N) is 1. The van der Waals surface area contributed by atoms with Crippen LogP contribution < -0.4 is 15.8 Å². The molecule has 0 atom stereocenters. The van der Waals surface area contributed by atoms with Crippen LogP contribution in [-0.2, 0) is 0 Å². The summed E-state index contributed by atoms with van der Waals surface area (Å²) < 4.78 is 19.8. The second kappa shape index (κ2) is 6.87. The Bertz CT molecular complexity index is 679. The number of benzene rings is 2. The van der Waals surface area contributed by atoms with Gasteiger partial charge in [0.15, 0.2) is 11.6 Å². The van der Waals surface area contributed by atoms with Gasteiger partial charge in [0.1, 0.15) is 4.99 Å². The lowest BCUT2D eigenvalue weighted by Gasteiger charge is -2.13. The van der Waals surface area contributed by atoms with Crippen molar-refractivity contribution in [2.45, 2.75) is 6.92 Å². The first-order valence-electron chi connectivity index (χ1n) is 6.30. The van der Waals surface area contributed by atoms with Crippen molar-refractivity contribution >= 4 is 44.5 Å². The predicted octanol–water partition coefficient (Wildman–Crippen LogP) is 4.36. The maximum absolute atomic E-state index is 13.9. The molecule has 0 fully saturated rings. The minimum atomic E-state index is -0.422. The molecule has 21 heavy (non-hydrogen) atoms.